The van der Waals surface area contributed by atoms with Gasteiger partial charge in [-0.2, -0.15) is 0 Å². The van der Waals surface area contributed by atoms with E-state index in [-0.39, 0.29) is 23.3 Å². The van der Waals surface area contributed by atoms with Gasteiger partial charge in [-0.3, -0.25) is 9.69 Å². The molecular weight excluding hydrogens is 349 g/mol. The fraction of sp³-hybridized carbons (Fsp3) is 0.588. The van der Waals surface area contributed by atoms with E-state index in [1.165, 1.54) is 12.1 Å². The number of carbonyl (C=O) groups is 1. The number of hydrogen-bond acceptors (Lipinski definition) is 5. The van der Waals surface area contributed by atoms with Gasteiger partial charge in [0, 0.05) is 38.3 Å². The van der Waals surface area contributed by atoms with Crippen LogP contribution >= 0.6 is 11.6 Å². The second-order valence-electron chi connectivity index (χ2n) is 6.68. The highest BCUT2D eigenvalue weighted by atomic mass is 35.5. The second-order valence-corrected chi connectivity index (χ2v) is 7.08. The fourth-order valence-electron chi connectivity index (χ4n) is 3.15. The van der Waals surface area contributed by atoms with Crippen molar-refractivity contribution in [3.63, 3.8) is 0 Å². The minimum absolute atomic E-state index is 0.108. The molecule has 2 aliphatic rings. The summed E-state index contributed by atoms with van der Waals surface area (Å²) in [5.41, 5.74) is 0.251. The molecule has 0 saturated carbocycles. The first-order chi connectivity index (χ1) is 11.9. The number of nitrogens with one attached hydrogen (secondary N) is 1. The van der Waals surface area contributed by atoms with E-state index in [2.05, 4.69) is 22.2 Å². The van der Waals surface area contributed by atoms with Crippen molar-refractivity contribution in [2.75, 3.05) is 46.4 Å². The third kappa shape index (κ3) is 4.48. The van der Waals surface area contributed by atoms with Gasteiger partial charge in [0.1, 0.15) is 11.9 Å². The van der Waals surface area contributed by atoms with E-state index in [9.17, 15) is 14.3 Å². The Morgan fingerprint density at radius 3 is 2.80 bits per heavy atom. The van der Waals surface area contributed by atoms with Gasteiger partial charge < -0.3 is 20.1 Å². The molecule has 3 unspecified atom stereocenters. The number of halogens is 2. The molecule has 2 saturated heterocycles. The molecule has 0 bridgehead atoms. The van der Waals surface area contributed by atoms with Gasteiger partial charge in [-0.15, -0.1) is 0 Å². The summed E-state index contributed by atoms with van der Waals surface area (Å²) in [5, 5.41) is 13.1. The number of nitrogens with zero attached hydrogens (tertiary/aromatic N) is 2. The lowest BCUT2D eigenvalue weighted by Gasteiger charge is -2.34. The maximum atomic E-state index is 13.2. The smallest absolute Gasteiger partial charge is 0.251 e. The number of hydrogen-bond donors (Lipinski definition) is 2. The van der Waals surface area contributed by atoms with E-state index >= 15 is 0 Å². The predicted octanol–water partition coefficient (Wildman–Crippen LogP) is 0.585. The Kier molecular flexibility index (Phi) is 5.91. The minimum atomic E-state index is -0.778. The molecule has 0 aromatic heterocycles. The lowest BCUT2D eigenvalue weighted by molar-refractivity contribution is 0.00606. The first kappa shape index (κ1) is 18.5. The van der Waals surface area contributed by atoms with Gasteiger partial charge in [0.2, 0.25) is 0 Å². The van der Waals surface area contributed by atoms with Crippen LogP contribution in [0.3, 0.4) is 0 Å². The van der Waals surface area contributed by atoms with E-state index < -0.39 is 23.9 Å². The average molecular weight is 372 g/mol. The van der Waals surface area contributed by atoms with Crippen molar-refractivity contribution >= 4 is 17.5 Å². The van der Waals surface area contributed by atoms with Crippen LogP contribution in [0.25, 0.3) is 0 Å². The minimum Gasteiger partial charge on any atom is -0.388 e. The van der Waals surface area contributed by atoms with Crippen LogP contribution in [0.15, 0.2) is 18.2 Å². The maximum absolute atomic E-state index is 13.2. The first-order valence-electron chi connectivity index (χ1n) is 8.40. The molecule has 6 nitrogen and oxygen atoms in total. The Hall–Kier alpha value is -1.25. The zero-order valence-electron chi connectivity index (χ0n) is 14.1. The van der Waals surface area contributed by atoms with Gasteiger partial charge in [-0.05, 0) is 25.2 Å². The summed E-state index contributed by atoms with van der Waals surface area (Å²) in [4.78, 5) is 16.8. The summed E-state index contributed by atoms with van der Waals surface area (Å²) >= 11 is 5.71. The average Bonchev–Trinajstić information content (AvgIpc) is 2.92. The standard InChI is InChI=1S/C17H23ClFN3O3/c1-21-4-6-22(7-5-21)9-15-16(23)14(10-25-15)20-17(24)11-2-3-13(19)12(18)8-11/h2-3,8,14-16,23H,4-7,9-10H2,1H3,(H,20,24). The molecule has 0 spiro atoms. The molecule has 25 heavy (non-hydrogen) atoms. The van der Waals surface area contributed by atoms with Gasteiger partial charge in [0.05, 0.1) is 23.8 Å². The third-order valence-corrected chi connectivity index (χ3v) is 5.10. The van der Waals surface area contributed by atoms with E-state index in [0.29, 0.717) is 6.54 Å². The number of piperazine rings is 1. The van der Waals surface area contributed by atoms with E-state index in [0.717, 1.165) is 32.2 Å². The Morgan fingerprint density at radius 2 is 2.12 bits per heavy atom. The molecule has 3 atom stereocenters. The quantitative estimate of drug-likeness (QED) is 0.810. The molecule has 3 rings (SSSR count). The van der Waals surface area contributed by atoms with Crippen molar-refractivity contribution < 1.29 is 19.0 Å². The number of likely N-dealkylation sites (N-methyl/N-ethyl adjacent to an activating group) is 1. The van der Waals surface area contributed by atoms with Gasteiger partial charge in [0.25, 0.3) is 5.91 Å². The number of carbonyl (C=O) groups excluding carboxylic acids is 1. The topological polar surface area (TPSA) is 65.0 Å². The molecule has 2 aliphatic heterocycles. The number of aliphatic hydroxyl groups excluding tert-OH is 1. The van der Waals surface area contributed by atoms with Gasteiger partial charge in [-0.1, -0.05) is 11.6 Å². The van der Waals surface area contributed by atoms with Crippen molar-refractivity contribution in [3.8, 4) is 0 Å². The molecule has 1 aromatic carbocycles. The van der Waals surface area contributed by atoms with Crippen LogP contribution in [0, 0.1) is 5.82 Å². The molecule has 1 amide bonds. The molecule has 2 heterocycles. The molecule has 1 aromatic rings. The molecule has 138 valence electrons. The first-order valence-corrected chi connectivity index (χ1v) is 8.78. The van der Waals surface area contributed by atoms with Gasteiger partial charge in [0.15, 0.2) is 0 Å². The Balaban J connectivity index is 1.53. The molecular formula is C17H23ClFN3O3. The molecule has 0 aliphatic carbocycles. The van der Waals surface area contributed by atoms with Crippen molar-refractivity contribution in [2.45, 2.75) is 18.2 Å². The van der Waals surface area contributed by atoms with Crippen molar-refractivity contribution in [1.82, 2.24) is 15.1 Å². The third-order valence-electron chi connectivity index (χ3n) is 4.82. The molecule has 8 heteroatoms. The SMILES string of the molecule is CN1CCN(CC2OCC(NC(=O)c3ccc(F)c(Cl)c3)C2O)CC1. The Bertz CT molecular complexity index is 625. The highest BCUT2D eigenvalue weighted by Gasteiger charge is 2.38. The van der Waals surface area contributed by atoms with Crippen LogP contribution < -0.4 is 5.32 Å². The van der Waals surface area contributed by atoms with Crippen molar-refractivity contribution in [1.29, 1.82) is 0 Å². The molecule has 0 radical (unpaired) electrons. The Labute approximate surface area is 151 Å². The number of ether oxygens (including phenoxy) is 1. The summed E-state index contributed by atoms with van der Waals surface area (Å²) < 4.78 is 18.9. The molecule has 2 fully saturated rings. The number of amides is 1. The van der Waals surface area contributed by atoms with E-state index in [1.54, 1.807) is 0 Å². The summed E-state index contributed by atoms with van der Waals surface area (Å²) in [7, 11) is 2.09. The van der Waals surface area contributed by atoms with E-state index in [1.807, 2.05) is 0 Å². The lowest BCUT2D eigenvalue weighted by Crippen LogP contribution is -2.50. The summed E-state index contributed by atoms with van der Waals surface area (Å²) in [6.45, 7) is 4.76. The highest BCUT2D eigenvalue weighted by Crippen LogP contribution is 2.19. The maximum Gasteiger partial charge on any atom is 0.251 e. The summed E-state index contributed by atoms with van der Waals surface area (Å²) in [6.07, 6.45) is -1.11. The normalized spacial score (nSPS) is 28.2. The zero-order valence-corrected chi connectivity index (χ0v) is 14.9. The number of rotatable bonds is 4. The summed E-state index contributed by atoms with van der Waals surface area (Å²) in [5.74, 6) is -0.982. The Morgan fingerprint density at radius 1 is 1.40 bits per heavy atom. The number of benzene rings is 1. The van der Waals surface area contributed by atoms with Crippen LogP contribution in [0.5, 0.6) is 0 Å². The molecule has 2 N–H and O–H groups in total. The monoisotopic (exact) mass is 371 g/mol. The van der Waals surface area contributed by atoms with Gasteiger partial charge in [-0.25, -0.2) is 4.39 Å². The second kappa shape index (κ2) is 7.97. The van der Waals surface area contributed by atoms with Crippen LogP contribution in [0.2, 0.25) is 5.02 Å². The van der Waals surface area contributed by atoms with Crippen LogP contribution in [0.4, 0.5) is 4.39 Å². The van der Waals surface area contributed by atoms with Crippen LogP contribution in [-0.2, 0) is 4.74 Å². The predicted molar refractivity (Wildman–Crippen MR) is 92.3 cm³/mol. The highest BCUT2D eigenvalue weighted by molar-refractivity contribution is 6.31. The fourth-order valence-corrected chi connectivity index (χ4v) is 3.33. The van der Waals surface area contributed by atoms with Crippen molar-refractivity contribution in [3.05, 3.63) is 34.6 Å². The van der Waals surface area contributed by atoms with Crippen LogP contribution in [0.1, 0.15) is 10.4 Å². The largest absolute Gasteiger partial charge is 0.388 e. The zero-order chi connectivity index (χ0) is 18.0. The van der Waals surface area contributed by atoms with Crippen molar-refractivity contribution in [2.24, 2.45) is 0 Å². The lowest BCUT2D eigenvalue weighted by atomic mass is 10.1. The van der Waals surface area contributed by atoms with Crippen LogP contribution in [-0.4, -0.2) is 85.4 Å². The summed E-state index contributed by atoms with van der Waals surface area (Å²) in [6, 6.07) is 3.29. The number of aliphatic hydroxyl groups is 1. The van der Waals surface area contributed by atoms with E-state index in [4.69, 9.17) is 16.3 Å². The van der Waals surface area contributed by atoms with Gasteiger partial charge >= 0.3 is 0 Å².